The Morgan fingerprint density at radius 2 is 2.03 bits per heavy atom. The highest BCUT2D eigenvalue weighted by molar-refractivity contribution is 6.04. The maximum Gasteiger partial charge on any atom is 0.336 e. The van der Waals surface area contributed by atoms with E-state index in [1.165, 1.54) is 0 Å². The second-order valence-electron chi connectivity index (χ2n) is 6.87. The molecule has 4 rings (SSSR count). The quantitative estimate of drug-likeness (QED) is 0.495. The average molecular weight is 393 g/mol. The van der Waals surface area contributed by atoms with E-state index in [9.17, 15) is 19.5 Å². The molecule has 0 saturated heterocycles. The Morgan fingerprint density at radius 1 is 1.24 bits per heavy atom. The lowest BCUT2D eigenvalue weighted by atomic mass is 10.1. The summed E-state index contributed by atoms with van der Waals surface area (Å²) in [5.41, 5.74) is 3.33. The zero-order valence-electron chi connectivity index (χ0n) is 15.6. The molecule has 4 N–H and O–H groups in total. The number of carboxylic acid groups (broad SMARTS) is 1. The number of hydrogen-bond donors (Lipinski definition) is 4. The molecule has 9 heteroatoms. The van der Waals surface area contributed by atoms with Crippen molar-refractivity contribution >= 4 is 34.5 Å². The van der Waals surface area contributed by atoms with E-state index in [1.807, 2.05) is 24.3 Å². The Kier molecular flexibility index (Phi) is 4.63. The van der Waals surface area contributed by atoms with Crippen molar-refractivity contribution in [3.05, 3.63) is 59.4 Å². The van der Waals surface area contributed by atoms with Gasteiger partial charge in [-0.1, -0.05) is 12.1 Å². The van der Waals surface area contributed by atoms with Crippen molar-refractivity contribution in [1.82, 2.24) is 20.2 Å². The smallest absolute Gasteiger partial charge is 0.336 e. The lowest BCUT2D eigenvalue weighted by Crippen LogP contribution is -2.42. The van der Waals surface area contributed by atoms with E-state index in [4.69, 9.17) is 0 Å². The van der Waals surface area contributed by atoms with Crippen LogP contribution in [0.15, 0.2) is 42.5 Å². The van der Waals surface area contributed by atoms with Crippen LogP contribution in [0, 0.1) is 0 Å². The molecule has 2 amide bonds. The van der Waals surface area contributed by atoms with Crippen LogP contribution in [0.3, 0.4) is 0 Å². The first-order valence-corrected chi connectivity index (χ1v) is 9.01. The van der Waals surface area contributed by atoms with Gasteiger partial charge in [-0.25, -0.2) is 9.78 Å². The van der Waals surface area contributed by atoms with Gasteiger partial charge in [-0.3, -0.25) is 9.59 Å². The molecule has 0 radical (unpaired) electrons. The van der Waals surface area contributed by atoms with Crippen LogP contribution in [0.4, 0.5) is 5.69 Å². The lowest BCUT2D eigenvalue weighted by molar-refractivity contribution is -0.141. The van der Waals surface area contributed by atoms with Crippen LogP contribution in [0.1, 0.15) is 21.7 Å². The van der Waals surface area contributed by atoms with Crippen molar-refractivity contribution in [3.8, 4) is 0 Å². The van der Waals surface area contributed by atoms with Gasteiger partial charge in [-0.15, -0.1) is 0 Å². The molecule has 0 unspecified atom stereocenters. The minimum absolute atomic E-state index is 0.138. The summed E-state index contributed by atoms with van der Waals surface area (Å²) >= 11 is 0. The molecule has 1 aromatic heterocycles. The molecule has 9 nitrogen and oxygen atoms in total. The van der Waals surface area contributed by atoms with Crippen LogP contribution < -0.4 is 10.6 Å². The van der Waals surface area contributed by atoms with E-state index in [1.54, 1.807) is 30.1 Å². The van der Waals surface area contributed by atoms with Crippen molar-refractivity contribution < 1.29 is 19.5 Å². The number of rotatable bonds is 4. The van der Waals surface area contributed by atoms with Crippen LogP contribution in [-0.2, 0) is 22.7 Å². The Balaban J connectivity index is 1.53. The third-order valence-corrected chi connectivity index (χ3v) is 4.79. The largest absolute Gasteiger partial charge is 0.479 e. The number of amides is 2. The molecule has 1 atom stereocenters. The second-order valence-corrected chi connectivity index (χ2v) is 6.87. The number of carbonyl (C=O) groups is 3. The van der Waals surface area contributed by atoms with Gasteiger partial charge >= 0.3 is 5.97 Å². The van der Waals surface area contributed by atoms with Gasteiger partial charge in [0, 0.05) is 24.8 Å². The van der Waals surface area contributed by atoms with Gasteiger partial charge in [0.05, 0.1) is 17.6 Å². The number of anilines is 1. The molecule has 0 fully saturated rings. The van der Waals surface area contributed by atoms with Gasteiger partial charge in [0.2, 0.25) is 6.04 Å². The number of aromatic amines is 1. The molecule has 29 heavy (non-hydrogen) atoms. The number of benzene rings is 2. The summed E-state index contributed by atoms with van der Waals surface area (Å²) in [6.07, 6.45) is 0. The molecule has 1 aliphatic heterocycles. The number of nitrogens with one attached hydrogen (secondary N) is 3. The van der Waals surface area contributed by atoms with Gasteiger partial charge in [0.25, 0.3) is 11.8 Å². The van der Waals surface area contributed by atoms with E-state index in [2.05, 4.69) is 20.6 Å². The van der Waals surface area contributed by atoms with Crippen molar-refractivity contribution in [2.45, 2.75) is 19.1 Å². The highest BCUT2D eigenvalue weighted by atomic mass is 16.4. The fourth-order valence-electron chi connectivity index (χ4n) is 3.29. The van der Waals surface area contributed by atoms with E-state index >= 15 is 0 Å². The summed E-state index contributed by atoms with van der Waals surface area (Å²) < 4.78 is 0. The van der Waals surface area contributed by atoms with Gasteiger partial charge in [-0.05, 0) is 35.9 Å². The standard InChI is InChI=1S/C20H19N5O4/c1-25(10-16-22-14-4-2-3-5-15(14)23-16)19(27)11-6-7-13-12(8-11)9-21-18(26)17(24-13)20(28)29/h2-8,17,24H,9-10H2,1H3,(H,21,26)(H,22,23)(H,28,29)/t17-/m1/s1. The van der Waals surface area contributed by atoms with Gasteiger partial charge in [0.1, 0.15) is 5.82 Å². The van der Waals surface area contributed by atoms with Crippen LogP contribution in [0.2, 0.25) is 0 Å². The third kappa shape index (κ3) is 3.62. The number of aromatic nitrogens is 2. The molecule has 2 heterocycles. The number of nitrogens with zero attached hydrogens (tertiary/aromatic N) is 2. The summed E-state index contributed by atoms with van der Waals surface area (Å²) in [6, 6.07) is 11.2. The molecular formula is C20H19N5O4. The van der Waals surface area contributed by atoms with Crippen molar-refractivity contribution in [3.63, 3.8) is 0 Å². The number of carboxylic acids is 1. The summed E-state index contributed by atoms with van der Waals surface area (Å²) in [4.78, 5) is 45.2. The van der Waals surface area contributed by atoms with Crippen molar-refractivity contribution in [2.24, 2.45) is 0 Å². The molecule has 148 valence electrons. The van der Waals surface area contributed by atoms with Crippen LogP contribution >= 0.6 is 0 Å². The maximum absolute atomic E-state index is 12.9. The lowest BCUT2D eigenvalue weighted by Gasteiger charge is -2.17. The van der Waals surface area contributed by atoms with E-state index in [0.29, 0.717) is 29.2 Å². The Labute approximate surface area is 165 Å². The summed E-state index contributed by atoms with van der Waals surface area (Å²) in [5.74, 6) is -1.42. The number of hydrogen-bond acceptors (Lipinski definition) is 5. The Bertz CT molecular complexity index is 1090. The molecule has 1 aliphatic rings. The highest BCUT2D eigenvalue weighted by Gasteiger charge is 2.29. The SMILES string of the molecule is CN(Cc1nc2ccccc2[nH]1)C(=O)c1ccc2c(c1)CNC(=O)[C@H](C(=O)O)N2. The number of H-pyrrole nitrogens is 1. The van der Waals surface area contributed by atoms with Crippen LogP contribution in [-0.4, -0.2) is 50.8 Å². The Hall–Kier alpha value is -3.88. The number of carbonyl (C=O) groups excluding carboxylic acids is 2. The van der Waals surface area contributed by atoms with Crippen molar-refractivity contribution in [2.75, 3.05) is 12.4 Å². The van der Waals surface area contributed by atoms with E-state index in [-0.39, 0.29) is 12.5 Å². The molecule has 0 saturated carbocycles. The molecule has 0 bridgehead atoms. The zero-order valence-corrected chi connectivity index (χ0v) is 15.6. The molecule has 3 aromatic rings. The number of para-hydroxylation sites is 2. The maximum atomic E-state index is 12.9. The molecular weight excluding hydrogens is 374 g/mol. The van der Waals surface area contributed by atoms with Crippen LogP contribution in [0.5, 0.6) is 0 Å². The monoisotopic (exact) mass is 393 g/mol. The first kappa shape index (κ1) is 18.5. The normalized spacial score (nSPS) is 15.8. The van der Waals surface area contributed by atoms with Crippen LogP contribution in [0.25, 0.3) is 11.0 Å². The molecule has 0 spiro atoms. The molecule has 0 aliphatic carbocycles. The van der Waals surface area contributed by atoms with E-state index in [0.717, 1.165) is 11.0 Å². The van der Waals surface area contributed by atoms with E-state index < -0.39 is 17.9 Å². The van der Waals surface area contributed by atoms with Gasteiger partial charge in [-0.2, -0.15) is 0 Å². The first-order chi connectivity index (χ1) is 13.9. The minimum atomic E-state index is -1.37. The second kappa shape index (κ2) is 7.27. The fraction of sp³-hybridized carbons (Fsp3) is 0.200. The predicted octanol–water partition coefficient (Wildman–Crippen LogP) is 1.33. The molecule has 2 aromatic carbocycles. The number of aliphatic carboxylic acids is 1. The first-order valence-electron chi connectivity index (χ1n) is 9.01. The summed E-state index contributed by atoms with van der Waals surface area (Å²) in [7, 11) is 1.68. The fourth-order valence-corrected chi connectivity index (χ4v) is 3.29. The third-order valence-electron chi connectivity index (χ3n) is 4.79. The summed E-state index contributed by atoms with van der Waals surface area (Å²) in [5, 5.41) is 14.4. The van der Waals surface area contributed by atoms with Gasteiger partial charge < -0.3 is 25.6 Å². The van der Waals surface area contributed by atoms with Gasteiger partial charge in [0.15, 0.2) is 0 Å². The van der Waals surface area contributed by atoms with Crippen molar-refractivity contribution in [1.29, 1.82) is 0 Å². The topological polar surface area (TPSA) is 127 Å². The predicted molar refractivity (Wildman–Crippen MR) is 105 cm³/mol. The Morgan fingerprint density at radius 3 is 2.79 bits per heavy atom. The summed E-state index contributed by atoms with van der Waals surface area (Å²) in [6.45, 7) is 0.444. The average Bonchev–Trinajstić information content (AvgIpc) is 3.03. The minimum Gasteiger partial charge on any atom is -0.479 e. The number of fused-ring (bicyclic) bond motifs is 2. The highest BCUT2D eigenvalue weighted by Crippen LogP contribution is 2.22. The zero-order chi connectivity index (χ0) is 20.5. The number of imidazole rings is 1.